The quantitative estimate of drug-likeness (QED) is 0.638. The Labute approximate surface area is 188 Å². The van der Waals surface area contributed by atoms with Crippen molar-refractivity contribution in [2.75, 3.05) is 25.5 Å². The van der Waals surface area contributed by atoms with Gasteiger partial charge in [-0.05, 0) is 61.2 Å². The number of nitrogens with one attached hydrogen (secondary N) is 1. The molecular formula is C26H28N4O2. The molecule has 6 nitrogen and oxygen atoms in total. The Hall–Kier alpha value is -3.43. The highest BCUT2D eigenvalue weighted by atomic mass is 16.5. The van der Waals surface area contributed by atoms with Gasteiger partial charge in [-0.15, -0.1) is 0 Å². The summed E-state index contributed by atoms with van der Waals surface area (Å²) in [5.41, 5.74) is 5.16. The van der Waals surface area contributed by atoms with Crippen LogP contribution in [0.25, 0.3) is 10.9 Å². The van der Waals surface area contributed by atoms with Crippen molar-refractivity contribution in [1.29, 1.82) is 5.26 Å². The average molecular weight is 429 g/mol. The van der Waals surface area contributed by atoms with Gasteiger partial charge in [0.25, 0.3) is 0 Å². The van der Waals surface area contributed by atoms with Crippen LogP contribution in [0.4, 0.5) is 5.69 Å². The van der Waals surface area contributed by atoms with E-state index in [1.807, 2.05) is 36.1 Å². The monoisotopic (exact) mass is 428 g/mol. The molecule has 1 aromatic heterocycles. The molecule has 0 unspecified atom stereocenters. The lowest BCUT2D eigenvalue weighted by molar-refractivity contribution is -0.129. The van der Waals surface area contributed by atoms with E-state index in [0.717, 1.165) is 39.7 Å². The SMILES string of the molecule is CO[C@@]1(c2ccc3nccc(N[C@H](C)c4cccc(C#N)c4C)c3c2)CCN(C(C)=O)C1. The first kappa shape index (κ1) is 21.8. The number of methoxy groups -OCH3 is 1. The van der Waals surface area contributed by atoms with Gasteiger partial charge >= 0.3 is 0 Å². The van der Waals surface area contributed by atoms with Gasteiger partial charge in [0.05, 0.1) is 23.7 Å². The minimum atomic E-state index is -0.518. The summed E-state index contributed by atoms with van der Waals surface area (Å²) >= 11 is 0. The Morgan fingerprint density at radius 2 is 2.12 bits per heavy atom. The zero-order chi connectivity index (χ0) is 22.9. The Kier molecular flexibility index (Phi) is 5.86. The van der Waals surface area contributed by atoms with Crippen LogP contribution >= 0.6 is 0 Å². The number of carbonyl (C=O) groups is 1. The number of nitriles is 1. The number of rotatable bonds is 5. The predicted molar refractivity (Wildman–Crippen MR) is 125 cm³/mol. The van der Waals surface area contributed by atoms with Crippen molar-refractivity contribution < 1.29 is 9.53 Å². The van der Waals surface area contributed by atoms with Crippen LogP contribution in [-0.4, -0.2) is 36.0 Å². The summed E-state index contributed by atoms with van der Waals surface area (Å²) in [6.07, 6.45) is 2.56. The number of carbonyl (C=O) groups excluding carboxylic acids is 1. The fourth-order valence-electron chi connectivity index (χ4n) is 4.68. The third-order valence-electron chi connectivity index (χ3n) is 6.67. The highest BCUT2D eigenvalue weighted by Gasteiger charge is 2.41. The number of likely N-dealkylation sites (tertiary alicyclic amines) is 1. The Balaban J connectivity index is 1.71. The molecule has 1 aliphatic rings. The summed E-state index contributed by atoms with van der Waals surface area (Å²) < 4.78 is 5.98. The van der Waals surface area contributed by atoms with Gasteiger partial charge in [0.1, 0.15) is 5.60 Å². The van der Waals surface area contributed by atoms with Crippen molar-refractivity contribution in [3.63, 3.8) is 0 Å². The lowest BCUT2D eigenvalue weighted by Crippen LogP contribution is -2.34. The second kappa shape index (κ2) is 8.60. The van der Waals surface area contributed by atoms with E-state index in [1.165, 1.54) is 0 Å². The van der Waals surface area contributed by atoms with Gasteiger partial charge in [0.15, 0.2) is 0 Å². The van der Waals surface area contributed by atoms with Crippen molar-refractivity contribution in [2.24, 2.45) is 0 Å². The molecule has 4 rings (SSSR count). The summed E-state index contributed by atoms with van der Waals surface area (Å²) in [4.78, 5) is 18.3. The van der Waals surface area contributed by atoms with Crippen LogP contribution in [-0.2, 0) is 15.1 Å². The van der Waals surface area contributed by atoms with Crippen LogP contribution in [0.2, 0.25) is 0 Å². The van der Waals surface area contributed by atoms with Gasteiger partial charge in [-0.2, -0.15) is 5.26 Å². The maximum Gasteiger partial charge on any atom is 0.219 e. The number of hydrogen-bond acceptors (Lipinski definition) is 5. The lowest BCUT2D eigenvalue weighted by atomic mass is 9.91. The van der Waals surface area contributed by atoms with Gasteiger partial charge in [0.2, 0.25) is 5.91 Å². The maximum atomic E-state index is 11.9. The van der Waals surface area contributed by atoms with E-state index in [9.17, 15) is 10.1 Å². The molecule has 2 heterocycles. The molecular weight excluding hydrogens is 400 g/mol. The molecule has 1 aliphatic heterocycles. The third kappa shape index (κ3) is 3.80. The fraction of sp³-hybridized carbons (Fsp3) is 0.346. The summed E-state index contributed by atoms with van der Waals surface area (Å²) in [6, 6.07) is 16.3. The Morgan fingerprint density at radius 1 is 1.31 bits per heavy atom. The van der Waals surface area contributed by atoms with Crippen LogP contribution in [0.1, 0.15) is 48.6 Å². The third-order valence-corrected chi connectivity index (χ3v) is 6.67. The fourth-order valence-corrected chi connectivity index (χ4v) is 4.68. The Morgan fingerprint density at radius 3 is 2.81 bits per heavy atom. The van der Waals surface area contributed by atoms with Crippen LogP contribution in [0.5, 0.6) is 0 Å². The molecule has 3 aromatic rings. The second-order valence-electron chi connectivity index (χ2n) is 8.48. The number of benzene rings is 2. The zero-order valence-corrected chi connectivity index (χ0v) is 19.0. The largest absolute Gasteiger partial charge is 0.378 e. The summed E-state index contributed by atoms with van der Waals surface area (Å²) in [5.74, 6) is 0.0672. The van der Waals surface area contributed by atoms with Crippen molar-refractivity contribution in [3.05, 3.63) is 70.9 Å². The molecule has 0 radical (unpaired) electrons. The number of anilines is 1. The minimum absolute atomic E-state index is 0.00799. The topological polar surface area (TPSA) is 78.2 Å². The molecule has 1 amide bonds. The van der Waals surface area contributed by atoms with Gasteiger partial charge in [0, 0.05) is 43.9 Å². The number of amides is 1. The maximum absolute atomic E-state index is 11.9. The molecule has 32 heavy (non-hydrogen) atoms. The molecule has 2 aromatic carbocycles. The Bertz CT molecular complexity index is 1220. The smallest absolute Gasteiger partial charge is 0.219 e. The molecule has 164 valence electrons. The van der Waals surface area contributed by atoms with Crippen LogP contribution < -0.4 is 5.32 Å². The highest BCUT2D eigenvalue weighted by Crippen LogP contribution is 2.38. The molecule has 0 bridgehead atoms. The number of nitrogens with zero attached hydrogens (tertiary/aromatic N) is 3. The van der Waals surface area contributed by atoms with E-state index >= 15 is 0 Å². The molecule has 1 fully saturated rings. The van der Waals surface area contributed by atoms with Gasteiger partial charge in [-0.25, -0.2) is 0 Å². The van der Waals surface area contributed by atoms with Crippen molar-refractivity contribution in [2.45, 2.75) is 38.8 Å². The second-order valence-corrected chi connectivity index (χ2v) is 8.48. The first-order valence-corrected chi connectivity index (χ1v) is 10.8. The molecule has 0 aliphatic carbocycles. The number of aromatic nitrogens is 1. The van der Waals surface area contributed by atoms with Crippen molar-refractivity contribution >= 4 is 22.5 Å². The van der Waals surface area contributed by atoms with Crippen LogP contribution in [0.15, 0.2) is 48.7 Å². The van der Waals surface area contributed by atoms with Gasteiger partial charge in [-0.3, -0.25) is 9.78 Å². The molecule has 0 spiro atoms. The summed E-state index contributed by atoms with van der Waals surface area (Å²) in [5, 5.41) is 14.0. The van der Waals surface area contributed by atoms with E-state index in [1.54, 1.807) is 20.2 Å². The van der Waals surface area contributed by atoms with E-state index in [2.05, 4.69) is 41.5 Å². The first-order chi connectivity index (χ1) is 15.4. The molecule has 6 heteroatoms. The summed E-state index contributed by atoms with van der Waals surface area (Å²) in [7, 11) is 1.71. The van der Waals surface area contributed by atoms with Crippen molar-refractivity contribution in [1.82, 2.24) is 9.88 Å². The zero-order valence-electron chi connectivity index (χ0n) is 19.0. The van der Waals surface area contributed by atoms with E-state index in [0.29, 0.717) is 18.7 Å². The number of fused-ring (bicyclic) bond motifs is 1. The number of ether oxygens (including phenoxy) is 1. The van der Waals surface area contributed by atoms with E-state index in [-0.39, 0.29) is 11.9 Å². The predicted octanol–water partition coefficient (Wildman–Crippen LogP) is 4.68. The number of hydrogen-bond donors (Lipinski definition) is 1. The molecule has 0 saturated carbocycles. The normalized spacial score (nSPS) is 19.0. The molecule has 1 N–H and O–H groups in total. The van der Waals surface area contributed by atoms with Crippen molar-refractivity contribution in [3.8, 4) is 6.07 Å². The highest BCUT2D eigenvalue weighted by molar-refractivity contribution is 5.92. The van der Waals surface area contributed by atoms with E-state index < -0.39 is 5.60 Å². The lowest BCUT2D eigenvalue weighted by Gasteiger charge is -2.29. The standard InChI is InChI=1S/C26H28N4O2/c1-17-20(15-27)6-5-7-22(17)18(2)29-25-10-12-28-24-9-8-21(14-23(24)25)26(32-4)11-13-30(16-26)19(3)31/h5-10,12,14,18H,11,13,16H2,1-4H3,(H,28,29)/t18-,26+/m1/s1. The van der Waals surface area contributed by atoms with Gasteiger partial charge < -0.3 is 15.0 Å². The average Bonchev–Trinajstić information content (AvgIpc) is 3.25. The first-order valence-electron chi connectivity index (χ1n) is 10.8. The van der Waals surface area contributed by atoms with E-state index in [4.69, 9.17) is 4.74 Å². The molecule has 1 saturated heterocycles. The summed E-state index contributed by atoms with van der Waals surface area (Å²) in [6.45, 7) is 6.91. The number of pyridine rings is 1. The molecule has 2 atom stereocenters. The van der Waals surface area contributed by atoms with Gasteiger partial charge in [-0.1, -0.05) is 18.2 Å². The van der Waals surface area contributed by atoms with Crippen LogP contribution in [0, 0.1) is 18.3 Å². The minimum Gasteiger partial charge on any atom is -0.378 e. The van der Waals surface area contributed by atoms with Crippen LogP contribution in [0.3, 0.4) is 0 Å².